The molecule has 0 saturated heterocycles. The van der Waals surface area contributed by atoms with E-state index in [1.165, 1.54) is 0 Å². The number of nitrogens with two attached hydrogens (primary N) is 1. The van der Waals surface area contributed by atoms with Crippen LogP contribution in [0.2, 0.25) is 0 Å². The van der Waals surface area contributed by atoms with Gasteiger partial charge in [0.1, 0.15) is 6.04 Å². The predicted octanol–water partition coefficient (Wildman–Crippen LogP) is -0.861. The lowest BCUT2D eigenvalue weighted by molar-refractivity contribution is -0.133. The molecule has 0 spiro atoms. The highest BCUT2D eigenvalue weighted by Crippen LogP contribution is 2.12. The van der Waals surface area contributed by atoms with Gasteiger partial charge >= 0.3 is 0 Å². The van der Waals surface area contributed by atoms with Crippen LogP contribution in [0.15, 0.2) is 0 Å². The number of hydrogen-bond acceptors (Lipinski definition) is 3. The molecule has 0 aromatic heterocycles. The monoisotopic (exact) mass is 229 g/mol. The summed E-state index contributed by atoms with van der Waals surface area (Å²) in [6, 6.07) is -0.689. The van der Waals surface area contributed by atoms with Crippen LogP contribution in [0, 0.1) is 5.41 Å². The van der Waals surface area contributed by atoms with Crippen LogP contribution in [0.5, 0.6) is 0 Å². The molecular weight excluding hydrogens is 210 g/mol. The Balaban J connectivity index is 4.16. The van der Waals surface area contributed by atoms with Crippen LogP contribution in [0.25, 0.3) is 0 Å². The maximum atomic E-state index is 11.5. The van der Waals surface area contributed by atoms with Crippen molar-refractivity contribution in [2.24, 2.45) is 11.1 Å². The Bertz CT molecular complexity index is 294. The SMILES string of the molecule is CC(NC(=O)C(C)(C)C)C(=O)NCC(N)=O. The molecule has 6 heteroatoms. The van der Waals surface area contributed by atoms with Gasteiger partial charge in [-0.15, -0.1) is 0 Å². The molecule has 0 aromatic carbocycles. The molecule has 1 unspecified atom stereocenters. The molecule has 0 fully saturated rings. The van der Waals surface area contributed by atoms with Crippen molar-refractivity contribution in [1.82, 2.24) is 10.6 Å². The molecule has 0 aliphatic heterocycles. The fourth-order valence-corrected chi connectivity index (χ4v) is 0.806. The van der Waals surface area contributed by atoms with Crippen molar-refractivity contribution < 1.29 is 14.4 Å². The van der Waals surface area contributed by atoms with E-state index in [0.717, 1.165) is 0 Å². The van der Waals surface area contributed by atoms with Gasteiger partial charge in [-0.1, -0.05) is 20.8 Å². The summed E-state index contributed by atoms with van der Waals surface area (Å²) in [7, 11) is 0. The van der Waals surface area contributed by atoms with Gasteiger partial charge in [0.15, 0.2) is 0 Å². The molecule has 16 heavy (non-hydrogen) atoms. The standard InChI is InChI=1S/C10H19N3O3/c1-6(8(15)12-5-7(11)14)13-9(16)10(2,3)4/h6H,5H2,1-4H3,(H2,11,14)(H,12,15)(H,13,16). The van der Waals surface area contributed by atoms with E-state index in [4.69, 9.17) is 5.73 Å². The smallest absolute Gasteiger partial charge is 0.242 e. The maximum absolute atomic E-state index is 11.5. The van der Waals surface area contributed by atoms with Gasteiger partial charge in [-0.05, 0) is 6.92 Å². The first-order valence-corrected chi connectivity index (χ1v) is 5.01. The first-order valence-electron chi connectivity index (χ1n) is 5.01. The summed E-state index contributed by atoms with van der Waals surface area (Å²) >= 11 is 0. The Hall–Kier alpha value is -1.59. The molecule has 0 heterocycles. The molecule has 0 aliphatic rings. The van der Waals surface area contributed by atoms with Crippen LogP contribution in [0.4, 0.5) is 0 Å². The summed E-state index contributed by atoms with van der Waals surface area (Å²) in [6.07, 6.45) is 0. The van der Waals surface area contributed by atoms with Crippen molar-refractivity contribution in [1.29, 1.82) is 0 Å². The average molecular weight is 229 g/mol. The lowest BCUT2D eigenvalue weighted by Crippen LogP contribution is -2.49. The highest BCUT2D eigenvalue weighted by molar-refractivity contribution is 5.91. The Morgan fingerprint density at radius 3 is 2.12 bits per heavy atom. The Kier molecular flexibility index (Phi) is 4.94. The summed E-state index contributed by atoms with van der Waals surface area (Å²) < 4.78 is 0. The Morgan fingerprint density at radius 1 is 1.25 bits per heavy atom. The summed E-state index contributed by atoms with van der Waals surface area (Å²) in [5.41, 5.74) is 4.31. The van der Waals surface area contributed by atoms with Gasteiger partial charge in [0, 0.05) is 5.41 Å². The van der Waals surface area contributed by atoms with Crippen LogP contribution < -0.4 is 16.4 Å². The van der Waals surface area contributed by atoms with Crippen molar-refractivity contribution >= 4 is 17.7 Å². The zero-order valence-electron chi connectivity index (χ0n) is 10.1. The van der Waals surface area contributed by atoms with E-state index in [-0.39, 0.29) is 12.5 Å². The highest BCUT2D eigenvalue weighted by Gasteiger charge is 2.24. The number of rotatable bonds is 4. The minimum Gasteiger partial charge on any atom is -0.368 e. The number of amides is 3. The van der Waals surface area contributed by atoms with Gasteiger partial charge in [-0.3, -0.25) is 14.4 Å². The van der Waals surface area contributed by atoms with Crippen molar-refractivity contribution in [3.8, 4) is 0 Å². The van der Waals surface area contributed by atoms with Crippen LogP contribution >= 0.6 is 0 Å². The number of carbonyl (C=O) groups is 3. The second-order valence-electron chi connectivity index (χ2n) is 4.63. The normalized spacial score (nSPS) is 12.8. The third-order valence-corrected chi connectivity index (χ3v) is 1.86. The fourth-order valence-electron chi connectivity index (χ4n) is 0.806. The molecule has 0 bridgehead atoms. The third kappa shape index (κ3) is 5.33. The van der Waals surface area contributed by atoms with E-state index in [2.05, 4.69) is 10.6 Å². The molecule has 6 nitrogen and oxygen atoms in total. The second kappa shape index (κ2) is 5.48. The summed E-state index contributed by atoms with van der Waals surface area (Å²) in [5.74, 6) is -1.28. The Morgan fingerprint density at radius 2 is 1.75 bits per heavy atom. The van der Waals surface area contributed by atoms with Crippen molar-refractivity contribution in [3.63, 3.8) is 0 Å². The number of primary amides is 1. The van der Waals surface area contributed by atoms with Gasteiger partial charge < -0.3 is 16.4 Å². The second-order valence-corrected chi connectivity index (χ2v) is 4.63. The molecule has 0 rings (SSSR count). The zero-order chi connectivity index (χ0) is 12.9. The predicted molar refractivity (Wildman–Crippen MR) is 59.3 cm³/mol. The molecule has 0 saturated carbocycles. The van der Waals surface area contributed by atoms with Crippen LogP contribution in [0.3, 0.4) is 0 Å². The van der Waals surface area contributed by atoms with E-state index in [0.29, 0.717) is 0 Å². The Labute approximate surface area is 94.9 Å². The topological polar surface area (TPSA) is 101 Å². The van der Waals surface area contributed by atoms with Crippen LogP contribution in [-0.2, 0) is 14.4 Å². The molecular formula is C10H19N3O3. The largest absolute Gasteiger partial charge is 0.368 e. The molecule has 1 atom stereocenters. The van der Waals surface area contributed by atoms with E-state index >= 15 is 0 Å². The highest BCUT2D eigenvalue weighted by atomic mass is 16.2. The van der Waals surface area contributed by atoms with Crippen LogP contribution in [0.1, 0.15) is 27.7 Å². The quantitative estimate of drug-likeness (QED) is 0.584. The van der Waals surface area contributed by atoms with Crippen molar-refractivity contribution in [2.45, 2.75) is 33.7 Å². The van der Waals surface area contributed by atoms with Gasteiger partial charge in [0.2, 0.25) is 17.7 Å². The van der Waals surface area contributed by atoms with E-state index in [9.17, 15) is 14.4 Å². The average Bonchev–Trinajstić information content (AvgIpc) is 2.12. The molecule has 3 amide bonds. The number of carbonyl (C=O) groups excluding carboxylic acids is 3. The van der Waals surface area contributed by atoms with E-state index < -0.39 is 23.3 Å². The molecule has 4 N–H and O–H groups in total. The van der Waals surface area contributed by atoms with Crippen molar-refractivity contribution in [2.75, 3.05) is 6.54 Å². The first kappa shape index (κ1) is 14.4. The third-order valence-electron chi connectivity index (χ3n) is 1.86. The van der Waals surface area contributed by atoms with Crippen molar-refractivity contribution in [3.05, 3.63) is 0 Å². The minimum absolute atomic E-state index is 0.228. The van der Waals surface area contributed by atoms with Gasteiger partial charge in [-0.2, -0.15) is 0 Å². The molecule has 0 aromatic rings. The fraction of sp³-hybridized carbons (Fsp3) is 0.700. The lowest BCUT2D eigenvalue weighted by Gasteiger charge is -2.21. The van der Waals surface area contributed by atoms with Gasteiger partial charge in [0.05, 0.1) is 6.54 Å². The minimum atomic E-state index is -0.689. The van der Waals surface area contributed by atoms with Gasteiger partial charge in [-0.25, -0.2) is 0 Å². The number of hydrogen-bond donors (Lipinski definition) is 3. The van der Waals surface area contributed by atoms with E-state index in [1.807, 2.05) is 0 Å². The zero-order valence-corrected chi connectivity index (χ0v) is 10.1. The molecule has 0 aliphatic carbocycles. The maximum Gasteiger partial charge on any atom is 0.242 e. The molecule has 0 radical (unpaired) electrons. The first-order chi connectivity index (χ1) is 7.14. The number of nitrogens with one attached hydrogen (secondary N) is 2. The summed E-state index contributed by atoms with van der Waals surface area (Å²) in [5, 5.41) is 4.85. The lowest BCUT2D eigenvalue weighted by atomic mass is 9.95. The van der Waals surface area contributed by atoms with Gasteiger partial charge in [0.25, 0.3) is 0 Å². The van der Waals surface area contributed by atoms with E-state index in [1.54, 1.807) is 27.7 Å². The molecule has 92 valence electrons. The van der Waals surface area contributed by atoms with Crippen LogP contribution in [-0.4, -0.2) is 30.3 Å². The summed E-state index contributed by atoms with van der Waals surface area (Å²) in [4.78, 5) is 33.3. The summed E-state index contributed by atoms with van der Waals surface area (Å²) in [6.45, 7) is 6.55.